The quantitative estimate of drug-likeness (QED) is 0.829. The van der Waals surface area contributed by atoms with Gasteiger partial charge in [-0.05, 0) is 25.5 Å². The molecule has 6 nitrogen and oxygen atoms in total. The predicted molar refractivity (Wildman–Crippen MR) is 68.4 cm³/mol. The van der Waals surface area contributed by atoms with Gasteiger partial charge in [-0.1, -0.05) is 6.07 Å². The molecule has 1 aliphatic rings. The van der Waals surface area contributed by atoms with Crippen molar-refractivity contribution in [3.8, 4) is 0 Å². The van der Waals surface area contributed by atoms with Gasteiger partial charge in [-0.3, -0.25) is 0 Å². The summed E-state index contributed by atoms with van der Waals surface area (Å²) in [6.07, 6.45) is 2.92. The van der Waals surface area contributed by atoms with Gasteiger partial charge in [0.05, 0.1) is 12.1 Å². The van der Waals surface area contributed by atoms with Gasteiger partial charge >= 0.3 is 0 Å². The molecule has 3 N–H and O–H groups in total. The second kappa shape index (κ2) is 4.55. The predicted octanol–water partition coefficient (Wildman–Crippen LogP) is 0.646. The first kappa shape index (κ1) is 11.4. The number of hydrogen-bond donors (Lipinski definition) is 2. The van der Waals surface area contributed by atoms with E-state index in [1.165, 1.54) is 0 Å². The molecule has 2 aromatic rings. The summed E-state index contributed by atoms with van der Waals surface area (Å²) in [5.41, 5.74) is 6.80. The number of nitrogens with two attached hydrogens (primary N) is 1. The molecule has 3 unspecified atom stereocenters. The molecular weight excluding hydrogens is 230 g/mol. The Hall–Kier alpha value is -1.66. The molecule has 0 spiro atoms. The molecule has 1 saturated carbocycles. The first-order valence-electron chi connectivity index (χ1n) is 6.23. The summed E-state index contributed by atoms with van der Waals surface area (Å²) in [7, 11) is 0. The molecule has 0 bridgehead atoms. The Kier molecular flexibility index (Phi) is 2.89. The van der Waals surface area contributed by atoms with Crippen LogP contribution in [0.2, 0.25) is 0 Å². The van der Waals surface area contributed by atoms with Gasteiger partial charge < -0.3 is 15.8 Å². The third-order valence-electron chi connectivity index (χ3n) is 3.28. The van der Waals surface area contributed by atoms with E-state index in [0.29, 0.717) is 12.6 Å². The van der Waals surface area contributed by atoms with Gasteiger partial charge in [0.25, 0.3) is 0 Å². The van der Waals surface area contributed by atoms with Crippen LogP contribution in [0.5, 0.6) is 0 Å². The minimum atomic E-state index is 0.0994. The maximum atomic E-state index is 5.98. The Morgan fingerprint density at radius 3 is 3.17 bits per heavy atom. The fraction of sp³-hybridized carbons (Fsp3) is 0.500. The van der Waals surface area contributed by atoms with E-state index in [1.54, 1.807) is 4.52 Å². The van der Waals surface area contributed by atoms with Crippen molar-refractivity contribution >= 4 is 11.6 Å². The van der Waals surface area contributed by atoms with Crippen molar-refractivity contribution in [2.45, 2.75) is 31.5 Å². The van der Waals surface area contributed by atoms with Crippen LogP contribution in [0.4, 0.5) is 5.95 Å². The number of hydrogen-bond acceptors (Lipinski definition) is 5. The number of nitrogens with one attached hydrogen (secondary N) is 1. The second-order valence-electron chi connectivity index (χ2n) is 4.50. The lowest BCUT2D eigenvalue weighted by atomic mass is 9.83. The highest BCUT2D eigenvalue weighted by Crippen LogP contribution is 2.25. The van der Waals surface area contributed by atoms with Crippen LogP contribution in [-0.2, 0) is 4.74 Å². The zero-order valence-electron chi connectivity index (χ0n) is 10.3. The number of fused-ring (bicyclic) bond motifs is 1. The minimum Gasteiger partial charge on any atom is -0.376 e. The van der Waals surface area contributed by atoms with Crippen LogP contribution >= 0.6 is 0 Å². The first-order valence-corrected chi connectivity index (χ1v) is 6.23. The summed E-state index contributed by atoms with van der Waals surface area (Å²) in [6, 6.07) is 5.98. The summed E-state index contributed by atoms with van der Waals surface area (Å²) in [6.45, 7) is 2.69. The van der Waals surface area contributed by atoms with Crippen LogP contribution in [0.1, 0.15) is 13.3 Å². The molecule has 6 heteroatoms. The smallest absolute Gasteiger partial charge is 0.243 e. The van der Waals surface area contributed by atoms with Crippen LogP contribution in [-0.4, -0.2) is 39.4 Å². The Balaban J connectivity index is 1.75. The van der Waals surface area contributed by atoms with Gasteiger partial charge in [0.2, 0.25) is 5.95 Å². The Morgan fingerprint density at radius 1 is 1.56 bits per heavy atom. The molecular formula is C12H17N5O. The van der Waals surface area contributed by atoms with E-state index in [-0.39, 0.29) is 18.2 Å². The molecule has 1 aliphatic carbocycles. The normalized spacial score (nSPS) is 27.1. The van der Waals surface area contributed by atoms with Gasteiger partial charge in [0, 0.05) is 18.8 Å². The van der Waals surface area contributed by atoms with Crippen molar-refractivity contribution in [3.05, 3.63) is 24.4 Å². The number of pyridine rings is 1. The SMILES string of the molecule is CCOC1CC(N)C1Nc1nc2ccccn2n1. The van der Waals surface area contributed by atoms with E-state index >= 15 is 0 Å². The van der Waals surface area contributed by atoms with Gasteiger partial charge in [-0.2, -0.15) is 4.98 Å². The molecule has 18 heavy (non-hydrogen) atoms. The molecule has 0 radical (unpaired) electrons. The van der Waals surface area contributed by atoms with Gasteiger partial charge in [-0.15, -0.1) is 5.10 Å². The van der Waals surface area contributed by atoms with Crippen LogP contribution in [0, 0.1) is 0 Å². The molecule has 0 aliphatic heterocycles. The lowest BCUT2D eigenvalue weighted by molar-refractivity contribution is -0.0128. The lowest BCUT2D eigenvalue weighted by Crippen LogP contribution is -2.60. The summed E-state index contributed by atoms with van der Waals surface area (Å²) >= 11 is 0. The average molecular weight is 247 g/mol. The van der Waals surface area contributed by atoms with Crippen molar-refractivity contribution in [2.24, 2.45) is 5.73 Å². The summed E-state index contributed by atoms with van der Waals surface area (Å²) in [4.78, 5) is 4.39. The van der Waals surface area contributed by atoms with E-state index in [4.69, 9.17) is 10.5 Å². The van der Waals surface area contributed by atoms with Crippen LogP contribution in [0.25, 0.3) is 5.65 Å². The van der Waals surface area contributed by atoms with Crippen LogP contribution in [0.3, 0.4) is 0 Å². The Bertz CT molecular complexity index is 505. The fourth-order valence-corrected chi connectivity index (χ4v) is 2.27. The monoisotopic (exact) mass is 247 g/mol. The molecule has 0 amide bonds. The van der Waals surface area contributed by atoms with E-state index < -0.39 is 0 Å². The van der Waals surface area contributed by atoms with E-state index in [1.807, 2.05) is 31.3 Å². The molecule has 3 rings (SSSR count). The second-order valence-corrected chi connectivity index (χ2v) is 4.50. The lowest BCUT2D eigenvalue weighted by Gasteiger charge is -2.42. The molecule has 3 atom stereocenters. The fourth-order valence-electron chi connectivity index (χ4n) is 2.27. The first-order chi connectivity index (χ1) is 8.78. The van der Waals surface area contributed by atoms with Crippen LogP contribution < -0.4 is 11.1 Å². The number of nitrogens with zero attached hydrogens (tertiary/aromatic N) is 3. The van der Waals surface area contributed by atoms with E-state index in [0.717, 1.165) is 12.1 Å². The minimum absolute atomic E-state index is 0.0994. The molecule has 2 heterocycles. The zero-order valence-corrected chi connectivity index (χ0v) is 10.3. The topological polar surface area (TPSA) is 77.5 Å². The maximum absolute atomic E-state index is 5.98. The third-order valence-corrected chi connectivity index (χ3v) is 3.28. The number of anilines is 1. The van der Waals surface area contributed by atoms with Gasteiger partial charge in [0.1, 0.15) is 0 Å². The maximum Gasteiger partial charge on any atom is 0.243 e. The highest BCUT2D eigenvalue weighted by molar-refractivity contribution is 5.44. The van der Waals surface area contributed by atoms with Crippen molar-refractivity contribution < 1.29 is 4.74 Å². The molecule has 0 saturated heterocycles. The highest BCUT2D eigenvalue weighted by atomic mass is 16.5. The summed E-state index contributed by atoms with van der Waals surface area (Å²) < 4.78 is 7.34. The van der Waals surface area contributed by atoms with Crippen molar-refractivity contribution in [1.29, 1.82) is 0 Å². The van der Waals surface area contributed by atoms with E-state index in [2.05, 4.69) is 15.4 Å². The van der Waals surface area contributed by atoms with Crippen molar-refractivity contribution in [1.82, 2.24) is 14.6 Å². The summed E-state index contributed by atoms with van der Waals surface area (Å²) in [5.74, 6) is 0.603. The van der Waals surface area contributed by atoms with E-state index in [9.17, 15) is 0 Å². The standard InChI is InChI=1S/C12H17N5O/c1-2-18-9-7-8(13)11(9)15-12-14-10-5-3-4-6-17(10)16-12/h3-6,8-9,11H,2,7,13H2,1H3,(H,15,16). The van der Waals surface area contributed by atoms with Gasteiger partial charge in [-0.25, -0.2) is 4.52 Å². The Morgan fingerprint density at radius 2 is 2.44 bits per heavy atom. The molecule has 0 aromatic carbocycles. The third kappa shape index (κ3) is 1.93. The number of ether oxygens (including phenoxy) is 1. The zero-order chi connectivity index (χ0) is 12.5. The number of rotatable bonds is 4. The average Bonchev–Trinajstić information content (AvgIpc) is 2.78. The van der Waals surface area contributed by atoms with Crippen molar-refractivity contribution in [2.75, 3.05) is 11.9 Å². The number of aromatic nitrogens is 3. The van der Waals surface area contributed by atoms with Gasteiger partial charge in [0.15, 0.2) is 5.65 Å². The largest absolute Gasteiger partial charge is 0.376 e. The van der Waals surface area contributed by atoms with Crippen molar-refractivity contribution in [3.63, 3.8) is 0 Å². The molecule has 1 fully saturated rings. The van der Waals surface area contributed by atoms with Crippen LogP contribution in [0.15, 0.2) is 24.4 Å². The highest BCUT2D eigenvalue weighted by Gasteiger charge is 2.39. The molecule has 96 valence electrons. The summed E-state index contributed by atoms with van der Waals surface area (Å²) in [5, 5.41) is 7.61. The molecule has 2 aromatic heterocycles. The Labute approximate surface area is 105 Å².